The Bertz CT molecular complexity index is 1050. The summed E-state index contributed by atoms with van der Waals surface area (Å²) in [5.41, 5.74) is 8.40. The van der Waals surface area contributed by atoms with Crippen LogP contribution in [0.5, 0.6) is 0 Å². The molecule has 0 N–H and O–H groups in total. The quantitative estimate of drug-likeness (QED) is 0.331. The van der Waals surface area contributed by atoms with Gasteiger partial charge in [0.2, 0.25) is 0 Å². The first-order chi connectivity index (χ1) is 13.7. The molecule has 0 bridgehead atoms. The standard InChI is InChI=1S/C27H28S/c1-3-4-6-13-24-25-17-19(2)10-9-14-22(25)23-16-15-21(28)18-26(23)27(24)20-11-7-5-8-12-20/h5,7-9,11-12,14-18,28H,3-4,6,10,13H2,1-2H3. The number of fused-ring (bicyclic) bond motifs is 3. The van der Waals surface area contributed by atoms with Gasteiger partial charge in [0.05, 0.1) is 0 Å². The van der Waals surface area contributed by atoms with Crippen LogP contribution in [0.4, 0.5) is 0 Å². The third-order valence-corrected chi connectivity index (χ3v) is 5.97. The first-order valence-electron chi connectivity index (χ1n) is 10.4. The Morgan fingerprint density at radius 3 is 2.54 bits per heavy atom. The van der Waals surface area contributed by atoms with Crippen LogP contribution in [0.25, 0.3) is 34.1 Å². The van der Waals surface area contributed by atoms with Crippen molar-refractivity contribution >= 4 is 35.6 Å². The lowest BCUT2D eigenvalue weighted by Crippen LogP contribution is -2.00. The number of thiol groups is 1. The molecule has 0 unspecified atom stereocenters. The van der Waals surface area contributed by atoms with E-state index in [0.717, 1.165) is 17.7 Å². The molecule has 0 amide bonds. The lowest BCUT2D eigenvalue weighted by molar-refractivity contribution is 0.718. The molecule has 1 heteroatoms. The maximum absolute atomic E-state index is 4.67. The summed E-state index contributed by atoms with van der Waals surface area (Å²) in [4.78, 5) is 1.02. The smallest absolute Gasteiger partial charge is 0.00465 e. The third kappa shape index (κ3) is 3.69. The van der Waals surface area contributed by atoms with Gasteiger partial charge in [-0.15, -0.1) is 12.6 Å². The number of hydrogen-bond donors (Lipinski definition) is 1. The Kier molecular flexibility index (Phi) is 5.73. The van der Waals surface area contributed by atoms with Gasteiger partial charge in [-0.1, -0.05) is 80.0 Å². The summed E-state index contributed by atoms with van der Waals surface area (Å²) in [5.74, 6) is 0. The molecule has 28 heavy (non-hydrogen) atoms. The first-order valence-corrected chi connectivity index (χ1v) is 10.8. The molecule has 1 aliphatic carbocycles. The fourth-order valence-electron chi connectivity index (χ4n) is 4.34. The normalized spacial score (nSPS) is 13.3. The molecule has 3 aromatic carbocycles. The predicted octanol–water partition coefficient (Wildman–Crippen LogP) is 8.35. The van der Waals surface area contributed by atoms with Crippen LogP contribution in [0.2, 0.25) is 0 Å². The van der Waals surface area contributed by atoms with Crippen LogP contribution in [-0.4, -0.2) is 0 Å². The molecule has 3 aromatic rings. The maximum atomic E-state index is 4.67. The SMILES string of the molecule is CCCCCc1c2c(c3ccc(S)cc3c1-c1ccccc1)C=CCC(C)=C2. The Balaban J connectivity index is 2.11. The molecule has 0 spiro atoms. The lowest BCUT2D eigenvalue weighted by Gasteiger charge is -2.21. The van der Waals surface area contributed by atoms with Gasteiger partial charge in [-0.25, -0.2) is 0 Å². The molecule has 0 nitrogen and oxygen atoms in total. The summed E-state index contributed by atoms with van der Waals surface area (Å²) in [6.07, 6.45) is 13.0. The van der Waals surface area contributed by atoms with Crippen LogP contribution in [-0.2, 0) is 6.42 Å². The zero-order valence-electron chi connectivity index (χ0n) is 16.8. The van der Waals surface area contributed by atoms with E-state index >= 15 is 0 Å². The molecule has 0 fully saturated rings. The van der Waals surface area contributed by atoms with E-state index in [1.54, 1.807) is 0 Å². The van der Waals surface area contributed by atoms with Gasteiger partial charge in [0.15, 0.2) is 0 Å². The second-order valence-corrected chi connectivity index (χ2v) is 8.35. The highest BCUT2D eigenvalue weighted by Crippen LogP contribution is 2.41. The Morgan fingerprint density at radius 1 is 0.929 bits per heavy atom. The summed E-state index contributed by atoms with van der Waals surface area (Å²) in [6, 6.07) is 17.5. The van der Waals surface area contributed by atoms with Gasteiger partial charge in [0, 0.05) is 4.90 Å². The van der Waals surface area contributed by atoms with Gasteiger partial charge in [-0.05, 0) is 76.9 Å². The molecule has 0 aromatic heterocycles. The zero-order valence-corrected chi connectivity index (χ0v) is 17.7. The summed E-state index contributed by atoms with van der Waals surface area (Å²) < 4.78 is 0. The van der Waals surface area contributed by atoms with Crippen molar-refractivity contribution in [1.82, 2.24) is 0 Å². The number of hydrogen-bond acceptors (Lipinski definition) is 1. The number of unbranched alkanes of at least 4 members (excludes halogenated alkanes) is 2. The topological polar surface area (TPSA) is 0 Å². The summed E-state index contributed by atoms with van der Waals surface area (Å²) in [7, 11) is 0. The molecule has 0 heterocycles. The monoisotopic (exact) mass is 384 g/mol. The predicted molar refractivity (Wildman–Crippen MR) is 127 cm³/mol. The van der Waals surface area contributed by atoms with Crippen molar-refractivity contribution in [3.63, 3.8) is 0 Å². The average Bonchev–Trinajstić information content (AvgIpc) is 2.90. The fraction of sp³-hybridized carbons (Fsp3) is 0.259. The summed E-state index contributed by atoms with van der Waals surface area (Å²) in [5, 5.41) is 2.65. The number of allylic oxidation sites excluding steroid dienone is 2. The molecule has 142 valence electrons. The van der Waals surface area contributed by atoms with E-state index in [2.05, 4.69) is 93.2 Å². The highest BCUT2D eigenvalue weighted by molar-refractivity contribution is 7.80. The van der Waals surface area contributed by atoms with Gasteiger partial charge in [0.25, 0.3) is 0 Å². The van der Waals surface area contributed by atoms with Gasteiger partial charge in [-0.2, -0.15) is 0 Å². The van der Waals surface area contributed by atoms with Crippen molar-refractivity contribution in [2.24, 2.45) is 0 Å². The van der Waals surface area contributed by atoms with Gasteiger partial charge < -0.3 is 0 Å². The average molecular weight is 385 g/mol. The number of rotatable bonds is 5. The second kappa shape index (κ2) is 8.41. The molecular formula is C27H28S. The highest BCUT2D eigenvalue weighted by atomic mass is 32.1. The molecule has 1 aliphatic rings. The molecule has 0 saturated carbocycles. The Hall–Kier alpha value is -2.25. The van der Waals surface area contributed by atoms with Gasteiger partial charge in [-0.3, -0.25) is 0 Å². The maximum Gasteiger partial charge on any atom is 0.00465 e. The van der Waals surface area contributed by atoms with Crippen molar-refractivity contribution in [2.75, 3.05) is 0 Å². The molecular weight excluding hydrogens is 356 g/mol. The van der Waals surface area contributed by atoms with Gasteiger partial charge in [0.1, 0.15) is 0 Å². The first kappa shape index (κ1) is 19.1. The third-order valence-electron chi connectivity index (χ3n) is 5.69. The fourth-order valence-corrected chi connectivity index (χ4v) is 4.54. The van der Waals surface area contributed by atoms with Crippen molar-refractivity contribution in [2.45, 2.75) is 50.8 Å². The number of benzene rings is 3. The van der Waals surface area contributed by atoms with Crippen molar-refractivity contribution in [1.29, 1.82) is 0 Å². The van der Waals surface area contributed by atoms with Gasteiger partial charge >= 0.3 is 0 Å². The van der Waals surface area contributed by atoms with Crippen LogP contribution >= 0.6 is 12.6 Å². The van der Waals surface area contributed by atoms with E-state index in [1.807, 2.05) is 0 Å². The van der Waals surface area contributed by atoms with E-state index in [-0.39, 0.29) is 0 Å². The van der Waals surface area contributed by atoms with E-state index in [0.29, 0.717) is 0 Å². The van der Waals surface area contributed by atoms with Crippen LogP contribution in [0.3, 0.4) is 0 Å². The van der Waals surface area contributed by atoms with Crippen LogP contribution in [0.15, 0.2) is 65.1 Å². The van der Waals surface area contributed by atoms with Crippen LogP contribution in [0.1, 0.15) is 56.2 Å². The Morgan fingerprint density at radius 2 is 1.75 bits per heavy atom. The van der Waals surface area contributed by atoms with Crippen molar-refractivity contribution in [3.05, 3.63) is 76.9 Å². The van der Waals surface area contributed by atoms with Crippen LogP contribution < -0.4 is 0 Å². The summed E-state index contributed by atoms with van der Waals surface area (Å²) in [6.45, 7) is 4.53. The molecule has 0 saturated heterocycles. The van der Waals surface area contributed by atoms with E-state index in [4.69, 9.17) is 0 Å². The minimum Gasteiger partial charge on any atom is -0.143 e. The van der Waals surface area contributed by atoms with E-state index < -0.39 is 0 Å². The second-order valence-electron chi connectivity index (χ2n) is 7.83. The molecule has 4 rings (SSSR count). The van der Waals surface area contributed by atoms with E-state index in [9.17, 15) is 0 Å². The van der Waals surface area contributed by atoms with Crippen LogP contribution in [0, 0.1) is 0 Å². The Labute approximate surface area is 174 Å². The largest absolute Gasteiger partial charge is 0.143 e. The summed E-state index contributed by atoms with van der Waals surface area (Å²) >= 11 is 4.67. The molecule has 0 atom stereocenters. The minimum absolute atomic E-state index is 1.02. The van der Waals surface area contributed by atoms with Crippen molar-refractivity contribution in [3.8, 4) is 11.1 Å². The molecule has 0 radical (unpaired) electrons. The highest BCUT2D eigenvalue weighted by Gasteiger charge is 2.19. The minimum atomic E-state index is 1.02. The lowest BCUT2D eigenvalue weighted by atomic mass is 9.83. The zero-order chi connectivity index (χ0) is 19.5. The van der Waals surface area contributed by atoms with E-state index in [1.165, 1.54) is 63.4 Å². The van der Waals surface area contributed by atoms with Crippen molar-refractivity contribution < 1.29 is 0 Å². The molecule has 0 aliphatic heterocycles.